The number of nitrogens with one attached hydrogen (secondary N) is 1. The summed E-state index contributed by atoms with van der Waals surface area (Å²) in [4.78, 5) is 24.7. The van der Waals surface area contributed by atoms with Crippen molar-refractivity contribution in [2.24, 2.45) is 5.92 Å². The normalized spacial score (nSPS) is 15.0. The van der Waals surface area contributed by atoms with Crippen LogP contribution in [0.5, 0.6) is 0 Å². The Hall–Kier alpha value is -3.00. The molecule has 1 N–H and O–H groups in total. The van der Waals surface area contributed by atoms with E-state index >= 15 is 0 Å². The van der Waals surface area contributed by atoms with Crippen molar-refractivity contribution in [3.05, 3.63) is 71.3 Å². The van der Waals surface area contributed by atoms with Gasteiger partial charge in [-0.25, -0.2) is 18.4 Å². The molecule has 0 fully saturated rings. The molecule has 0 aliphatic heterocycles. The number of halogens is 2. The summed E-state index contributed by atoms with van der Waals surface area (Å²) < 4.78 is 43.5. The Bertz CT molecular complexity index is 957. The molecule has 0 aliphatic rings. The molecule has 0 aromatic heterocycles. The van der Waals surface area contributed by atoms with Gasteiger partial charge in [-0.1, -0.05) is 24.3 Å². The lowest BCUT2D eigenvalue weighted by atomic mass is 9.90. The smallest absolute Gasteiger partial charge is 0.408 e. The van der Waals surface area contributed by atoms with Crippen molar-refractivity contribution in [2.45, 2.75) is 78.4 Å². The third kappa shape index (κ3) is 10.0. The number of rotatable bonds is 10. The molecular weight excluding hydrogens is 456 g/mol. The van der Waals surface area contributed by atoms with Crippen LogP contribution in [0, 0.1) is 17.6 Å². The van der Waals surface area contributed by atoms with Gasteiger partial charge in [0.2, 0.25) is 0 Å². The fraction of sp³-hybridized carbons (Fsp3) is 0.481. The summed E-state index contributed by atoms with van der Waals surface area (Å²) in [5.74, 6) is -1.56. The summed E-state index contributed by atoms with van der Waals surface area (Å²) in [6, 6.07) is 11.2. The van der Waals surface area contributed by atoms with E-state index in [4.69, 9.17) is 14.2 Å². The topological polar surface area (TPSA) is 73.9 Å². The molecule has 0 saturated carbocycles. The monoisotopic (exact) mass is 491 g/mol. The molecule has 35 heavy (non-hydrogen) atoms. The lowest BCUT2D eigenvalue weighted by molar-refractivity contribution is -0.156. The number of carbonyl (C=O) groups excluding carboxylic acids is 2. The van der Waals surface area contributed by atoms with E-state index in [1.165, 1.54) is 31.2 Å². The van der Waals surface area contributed by atoms with E-state index in [1.54, 1.807) is 52.0 Å². The summed E-state index contributed by atoms with van der Waals surface area (Å²) in [5.41, 5.74) is 0.966. The number of hydrogen-bond acceptors (Lipinski definition) is 5. The molecule has 8 heteroatoms. The number of carbonyl (C=O) groups is 2. The van der Waals surface area contributed by atoms with E-state index < -0.39 is 29.8 Å². The van der Waals surface area contributed by atoms with E-state index in [0.717, 1.165) is 11.1 Å². The molecular formula is C27H35F2NO5. The van der Waals surface area contributed by atoms with Crippen LogP contribution < -0.4 is 5.32 Å². The number of hydrogen-bond donors (Lipinski definition) is 1. The molecule has 0 bridgehead atoms. The van der Waals surface area contributed by atoms with Crippen LogP contribution in [0.15, 0.2) is 48.5 Å². The van der Waals surface area contributed by atoms with Crippen molar-refractivity contribution in [2.75, 3.05) is 0 Å². The number of ether oxygens (including phenoxy) is 3. The summed E-state index contributed by atoms with van der Waals surface area (Å²) >= 11 is 0. The molecule has 0 radical (unpaired) electrons. The van der Waals surface area contributed by atoms with Gasteiger partial charge in [-0.3, -0.25) is 0 Å². The minimum absolute atomic E-state index is 0.249. The molecule has 192 valence electrons. The van der Waals surface area contributed by atoms with Gasteiger partial charge in [-0.15, -0.1) is 0 Å². The molecule has 0 saturated heterocycles. The zero-order chi connectivity index (χ0) is 26.2. The molecule has 2 aromatic carbocycles. The minimum Gasteiger partial charge on any atom is -0.461 e. The lowest BCUT2D eigenvalue weighted by Gasteiger charge is -2.30. The highest BCUT2D eigenvalue weighted by molar-refractivity contribution is 5.81. The second-order valence-corrected chi connectivity index (χ2v) is 9.65. The van der Waals surface area contributed by atoms with Crippen LogP contribution in [0.25, 0.3) is 0 Å². The average molecular weight is 492 g/mol. The molecule has 2 aromatic rings. The van der Waals surface area contributed by atoms with Gasteiger partial charge in [0.15, 0.2) is 0 Å². The average Bonchev–Trinajstić information content (AvgIpc) is 2.76. The van der Waals surface area contributed by atoms with Gasteiger partial charge in [-0.2, -0.15) is 0 Å². The Morgan fingerprint density at radius 3 is 1.89 bits per heavy atom. The first-order valence-electron chi connectivity index (χ1n) is 11.6. The van der Waals surface area contributed by atoms with Gasteiger partial charge in [0, 0.05) is 5.92 Å². The van der Waals surface area contributed by atoms with Crippen LogP contribution in [0.4, 0.5) is 13.6 Å². The molecule has 6 nitrogen and oxygen atoms in total. The number of esters is 1. The molecule has 2 rings (SSSR count). The largest absolute Gasteiger partial charge is 0.461 e. The molecule has 0 spiro atoms. The Balaban J connectivity index is 2.07. The van der Waals surface area contributed by atoms with Crippen LogP contribution in [0.2, 0.25) is 0 Å². The Morgan fingerprint density at radius 1 is 0.857 bits per heavy atom. The second kappa shape index (κ2) is 12.6. The molecule has 1 amide bonds. The third-order valence-corrected chi connectivity index (χ3v) is 5.41. The van der Waals surface area contributed by atoms with Crippen LogP contribution in [-0.4, -0.2) is 35.9 Å². The zero-order valence-corrected chi connectivity index (χ0v) is 21.1. The Kier molecular flexibility index (Phi) is 10.2. The number of benzene rings is 2. The highest BCUT2D eigenvalue weighted by atomic mass is 19.1. The number of amides is 1. The lowest BCUT2D eigenvalue weighted by Crippen LogP contribution is -2.44. The van der Waals surface area contributed by atoms with Crippen molar-refractivity contribution < 1.29 is 32.6 Å². The van der Waals surface area contributed by atoms with E-state index in [1.807, 2.05) is 6.92 Å². The molecule has 4 atom stereocenters. The summed E-state index contributed by atoms with van der Waals surface area (Å²) in [7, 11) is 0. The van der Waals surface area contributed by atoms with Crippen molar-refractivity contribution in [1.82, 2.24) is 5.32 Å². The summed E-state index contributed by atoms with van der Waals surface area (Å²) in [6.07, 6.45) is -1.19. The number of alkyl carbamates (subject to hydrolysis) is 1. The summed E-state index contributed by atoms with van der Waals surface area (Å²) in [6.45, 7) is 10.6. The van der Waals surface area contributed by atoms with Gasteiger partial charge in [-0.05, 0) is 83.4 Å². The van der Waals surface area contributed by atoms with Gasteiger partial charge >= 0.3 is 12.1 Å². The van der Waals surface area contributed by atoms with Crippen molar-refractivity contribution in [3.8, 4) is 0 Å². The van der Waals surface area contributed by atoms with E-state index in [-0.39, 0.29) is 30.3 Å². The maximum atomic E-state index is 13.4. The van der Waals surface area contributed by atoms with Crippen LogP contribution in [0.1, 0.15) is 52.7 Å². The van der Waals surface area contributed by atoms with E-state index in [2.05, 4.69) is 5.32 Å². The van der Waals surface area contributed by atoms with Gasteiger partial charge in [0.25, 0.3) is 0 Å². The quantitative estimate of drug-likeness (QED) is 0.440. The van der Waals surface area contributed by atoms with Gasteiger partial charge in [0.05, 0.1) is 12.7 Å². The van der Waals surface area contributed by atoms with Crippen molar-refractivity contribution in [1.29, 1.82) is 0 Å². The predicted octanol–water partition coefficient (Wildman–Crippen LogP) is 5.57. The fourth-order valence-electron chi connectivity index (χ4n) is 3.45. The van der Waals surface area contributed by atoms with E-state index in [0.29, 0.717) is 6.42 Å². The van der Waals surface area contributed by atoms with Crippen molar-refractivity contribution in [3.63, 3.8) is 0 Å². The Morgan fingerprint density at radius 2 is 1.37 bits per heavy atom. The predicted molar refractivity (Wildman–Crippen MR) is 129 cm³/mol. The first kappa shape index (κ1) is 28.2. The maximum Gasteiger partial charge on any atom is 0.408 e. The first-order chi connectivity index (χ1) is 16.3. The zero-order valence-electron chi connectivity index (χ0n) is 21.1. The summed E-state index contributed by atoms with van der Waals surface area (Å²) in [5, 5.41) is 2.48. The van der Waals surface area contributed by atoms with Crippen molar-refractivity contribution >= 4 is 12.1 Å². The standard InChI is InChI=1S/C27H35F2NO5/c1-17(30-26(32)35-27(4,5)6)25(31)34-19(3)24(15-20-7-11-22(28)12-8-20)18(2)33-16-21-9-13-23(29)14-10-21/h7-14,17-19,24H,15-16H2,1-6H3,(H,30,32)/t17-,18-,19-,24+/m0/s1. The second-order valence-electron chi connectivity index (χ2n) is 9.65. The van der Waals surface area contributed by atoms with E-state index in [9.17, 15) is 18.4 Å². The fourth-order valence-corrected chi connectivity index (χ4v) is 3.45. The highest BCUT2D eigenvalue weighted by Gasteiger charge is 2.30. The van der Waals surface area contributed by atoms with Crippen LogP contribution >= 0.6 is 0 Å². The van der Waals surface area contributed by atoms with Gasteiger partial charge < -0.3 is 19.5 Å². The molecule has 0 heterocycles. The highest BCUT2D eigenvalue weighted by Crippen LogP contribution is 2.23. The molecule has 0 unspecified atom stereocenters. The minimum atomic E-state index is -0.922. The molecule has 0 aliphatic carbocycles. The Labute approximate surface area is 206 Å². The maximum absolute atomic E-state index is 13.4. The first-order valence-corrected chi connectivity index (χ1v) is 11.6. The van der Waals surface area contributed by atoms with Gasteiger partial charge in [0.1, 0.15) is 29.4 Å². The van der Waals surface area contributed by atoms with Crippen LogP contribution in [-0.2, 0) is 32.0 Å². The third-order valence-electron chi connectivity index (χ3n) is 5.41. The van der Waals surface area contributed by atoms with Crippen LogP contribution in [0.3, 0.4) is 0 Å². The SMILES string of the molecule is C[C@H](NC(=O)OC(C)(C)C)C(=O)O[C@@H](C)[C@H](Cc1ccc(F)cc1)[C@H](C)OCc1ccc(F)cc1.